The van der Waals surface area contributed by atoms with Gasteiger partial charge in [-0.05, 0) is 25.7 Å². The van der Waals surface area contributed by atoms with Gasteiger partial charge in [0.05, 0.1) is 23.7 Å². The van der Waals surface area contributed by atoms with E-state index in [0.29, 0.717) is 35.1 Å². The summed E-state index contributed by atoms with van der Waals surface area (Å²) in [7, 11) is 0. The van der Waals surface area contributed by atoms with Crippen LogP contribution in [0.3, 0.4) is 0 Å². The van der Waals surface area contributed by atoms with Crippen LogP contribution in [0.1, 0.15) is 25.7 Å². The number of amides is 2. The average molecular weight is 348 g/mol. The zero-order chi connectivity index (χ0) is 15.9. The molecule has 0 aromatic rings. The lowest BCUT2D eigenvalue weighted by Crippen LogP contribution is -2.33. The van der Waals surface area contributed by atoms with E-state index in [-0.39, 0.29) is 11.8 Å². The second-order valence-corrected chi connectivity index (χ2v) is 7.91. The van der Waals surface area contributed by atoms with Crippen LogP contribution in [0.4, 0.5) is 0 Å². The summed E-state index contributed by atoms with van der Waals surface area (Å²) in [5.74, 6) is 1.21. The van der Waals surface area contributed by atoms with Crippen molar-refractivity contribution in [3.63, 3.8) is 0 Å². The smallest absolute Gasteiger partial charge is 0.230 e. The predicted octanol–water partition coefficient (Wildman–Crippen LogP) is -0.268. The molecule has 0 radical (unpaired) electrons. The maximum atomic E-state index is 11.5. The lowest BCUT2D eigenvalue weighted by Gasteiger charge is -2.17. The highest BCUT2D eigenvalue weighted by Gasteiger charge is 2.24. The van der Waals surface area contributed by atoms with E-state index in [9.17, 15) is 19.8 Å². The first kappa shape index (κ1) is 17.9. The van der Waals surface area contributed by atoms with Crippen LogP contribution in [-0.2, 0) is 9.59 Å². The van der Waals surface area contributed by atoms with Crippen LogP contribution in [0, 0.1) is 0 Å². The quantitative estimate of drug-likeness (QED) is 0.410. The fourth-order valence-corrected chi connectivity index (χ4v) is 3.46. The first-order chi connectivity index (χ1) is 10.5. The van der Waals surface area contributed by atoms with Crippen molar-refractivity contribution in [2.75, 3.05) is 23.0 Å². The second-order valence-electron chi connectivity index (χ2n) is 5.85. The third kappa shape index (κ3) is 7.71. The van der Waals surface area contributed by atoms with Crippen LogP contribution >= 0.6 is 23.5 Å². The van der Waals surface area contributed by atoms with Crippen molar-refractivity contribution in [1.29, 1.82) is 0 Å². The molecule has 6 nitrogen and oxygen atoms in total. The molecular formula is C14H24N2O4S2. The Labute approximate surface area is 139 Å². The molecule has 0 aromatic heterocycles. The van der Waals surface area contributed by atoms with Gasteiger partial charge in [-0.15, -0.1) is 23.5 Å². The van der Waals surface area contributed by atoms with Gasteiger partial charge < -0.3 is 20.8 Å². The van der Waals surface area contributed by atoms with E-state index >= 15 is 0 Å². The van der Waals surface area contributed by atoms with Crippen LogP contribution in [0.2, 0.25) is 0 Å². The summed E-state index contributed by atoms with van der Waals surface area (Å²) in [5.41, 5.74) is 0. The molecule has 126 valence electrons. The van der Waals surface area contributed by atoms with Crippen molar-refractivity contribution in [2.24, 2.45) is 0 Å². The van der Waals surface area contributed by atoms with Gasteiger partial charge in [0.1, 0.15) is 0 Å². The van der Waals surface area contributed by atoms with Gasteiger partial charge in [-0.2, -0.15) is 0 Å². The zero-order valence-corrected chi connectivity index (χ0v) is 14.1. The van der Waals surface area contributed by atoms with E-state index in [4.69, 9.17) is 0 Å². The lowest BCUT2D eigenvalue weighted by atomic mass is 10.3. The first-order valence-electron chi connectivity index (χ1n) is 7.65. The molecule has 2 fully saturated rings. The van der Waals surface area contributed by atoms with Gasteiger partial charge in [0.25, 0.3) is 0 Å². The Morgan fingerprint density at radius 2 is 1.23 bits per heavy atom. The van der Waals surface area contributed by atoms with Crippen LogP contribution in [-0.4, -0.2) is 69.3 Å². The molecule has 0 heterocycles. The molecular weight excluding hydrogens is 324 g/mol. The Hall–Kier alpha value is -0.440. The van der Waals surface area contributed by atoms with E-state index in [2.05, 4.69) is 10.6 Å². The standard InChI is InChI=1S/C14H24N2O4S2/c17-11(5-21-7-13(19)15-9-1-2-9)12(18)6-22-8-14(20)16-10-3-4-10/h9-12,17-18H,1-8H2,(H,15,19)(H,16,20). The van der Waals surface area contributed by atoms with E-state index in [0.717, 1.165) is 25.7 Å². The van der Waals surface area contributed by atoms with Crippen LogP contribution in [0.5, 0.6) is 0 Å². The summed E-state index contributed by atoms with van der Waals surface area (Å²) < 4.78 is 0. The van der Waals surface area contributed by atoms with Gasteiger partial charge >= 0.3 is 0 Å². The molecule has 8 heteroatoms. The number of nitrogens with one attached hydrogen (secondary N) is 2. The van der Waals surface area contributed by atoms with Crippen LogP contribution in [0.15, 0.2) is 0 Å². The molecule has 2 aliphatic carbocycles. The largest absolute Gasteiger partial charge is 0.390 e. The predicted molar refractivity (Wildman–Crippen MR) is 89.0 cm³/mol. The number of hydrogen-bond donors (Lipinski definition) is 4. The average Bonchev–Trinajstić information content (AvgIpc) is 3.35. The molecule has 0 saturated heterocycles. The molecule has 0 spiro atoms. The normalized spacial score (nSPS) is 20.3. The molecule has 2 aliphatic rings. The van der Waals surface area contributed by atoms with Gasteiger partial charge in [0, 0.05) is 23.6 Å². The number of rotatable bonds is 11. The third-order valence-corrected chi connectivity index (χ3v) is 5.46. The molecule has 2 rings (SSSR count). The molecule has 2 amide bonds. The van der Waals surface area contributed by atoms with Crippen molar-refractivity contribution in [3.05, 3.63) is 0 Å². The van der Waals surface area contributed by atoms with E-state index in [1.54, 1.807) is 0 Å². The SMILES string of the molecule is O=C(CSCC(O)C(O)CSCC(=O)NC1CC1)NC1CC1. The molecule has 4 N–H and O–H groups in total. The van der Waals surface area contributed by atoms with Crippen molar-refractivity contribution in [1.82, 2.24) is 10.6 Å². The fourth-order valence-electron chi connectivity index (χ4n) is 1.76. The van der Waals surface area contributed by atoms with E-state index in [1.165, 1.54) is 23.5 Å². The highest BCUT2D eigenvalue weighted by Crippen LogP contribution is 2.19. The highest BCUT2D eigenvalue weighted by molar-refractivity contribution is 8.00. The molecule has 0 bridgehead atoms. The van der Waals surface area contributed by atoms with Gasteiger partial charge in [0.2, 0.25) is 11.8 Å². The number of aliphatic hydroxyl groups is 2. The lowest BCUT2D eigenvalue weighted by molar-refractivity contribution is -0.119. The Morgan fingerprint density at radius 1 is 0.864 bits per heavy atom. The van der Waals surface area contributed by atoms with Crippen LogP contribution < -0.4 is 10.6 Å². The molecule has 2 atom stereocenters. The number of carbonyl (C=O) groups is 2. The number of carbonyl (C=O) groups excluding carboxylic acids is 2. The number of thioether (sulfide) groups is 2. The Morgan fingerprint density at radius 3 is 1.55 bits per heavy atom. The minimum atomic E-state index is -0.877. The Bertz CT molecular complexity index is 353. The maximum absolute atomic E-state index is 11.5. The van der Waals surface area contributed by atoms with Crippen molar-refractivity contribution in [2.45, 2.75) is 50.0 Å². The second kappa shape index (κ2) is 9.00. The number of aliphatic hydroxyl groups excluding tert-OH is 2. The third-order valence-electron chi connectivity index (χ3n) is 3.37. The maximum Gasteiger partial charge on any atom is 0.230 e. The summed E-state index contributed by atoms with van der Waals surface area (Å²) in [4.78, 5) is 22.9. The summed E-state index contributed by atoms with van der Waals surface area (Å²) in [6, 6.07) is 0.698. The summed E-state index contributed by atoms with van der Waals surface area (Å²) in [5, 5.41) is 25.4. The van der Waals surface area contributed by atoms with Crippen molar-refractivity contribution in [3.8, 4) is 0 Å². The minimum Gasteiger partial charge on any atom is -0.390 e. The van der Waals surface area contributed by atoms with Gasteiger partial charge in [-0.25, -0.2) is 0 Å². The van der Waals surface area contributed by atoms with Gasteiger partial charge in [-0.3, -0.25) is 9.59 Å². The Kier molecular flexibility index (Phi) is 7.33. The van der Waals surface area contributed by atoms with E-state index < -0.39 is 12.2 Å². The summed E-state index contributed by atoms with van der Waals surface area (Å²) >= 11 is 2.63. The van der Waals surface area contributed by atoms with Gasteiger partial charge in [-0.1, -0.05) is 0 Å². The van der Waals surface area contributed by atoms with E-state index in [1.807, 2.05) is 0 Å². The number of hydrogen-bond acceptors (Lipinski definition) is 6. The first-order valence-corrected chi connectivity index (χ1v) is 9.96. The van der Waals surface area contributed by atoms with Crippen LogP contribution in [0.25, 0.3) is 0 Å². The Balaban J connectivity index is 1.47. The topological polar surface area (TPSA) is 98.7 Å². The highest BCUT2D eigenvalue weighted by atomic mass is 32.2. The molecule has 0 aliphatic heterocycles. The molecule has 0 aromatic carbocycles. The molecule has 2 unspecified atom stereocenters. The zero-order valence-electron chi connectivity index (χ0n) is 12.5. The molecule has 22 heavy (non-hydrogen) atoms. The fraction of sp³-hybridized carbons (Fsp3) is 0.857. The van der Waals surface area contributed by atoms with Crippen molar-refractivity contribution >= 4 is 35.3 Å². The van der Waals surface area contributed by atoms with Crippen molar-refractivity contribution < 1.29 is 19.8 Å². The summed E-state index contributed by atoms with van der Waals surface area (Å²) in [6.07, 6.45) is 2.48. The minimum absolute atomic E-state index is 0.0136. The van der Waals surface area contributed by atoms with Gasteiger partial charge in [0.15, 0.2) is 0 Å². The molecule has 2 saturated carbocycles. The monoisotopic (exact) mass is 348 g/mol. The summed E-state index contributed by atoms with van der Waals surface area (Å²) in [6.45, 7) is 0.